The molecule has 24 heavy (non-hydrogen) atoms. The summed E-state index contributed by atoms with van der Waals surface area (Å²) in [5.41, 5.74) is 0.871. The van der Waals surface area contributed by atoms with Crippen molar-refractivity contribution in [2.45, 2.75) is 5.37 Å². The topological polar surface area (TPSA) is 41.9 Å². The summed E-state index contributed by atoms with van der Waals surface area (Å²) in [6, 6.07) is 12.4. The SMILES string of the molecule is COCC(=O)N1N=C(c2cc(F)ccc2F)SC1c1ccccc1. The quantitative estimate of drug-likeness (QED) is 0.849. The number of methoxy groups -OCH3 is 1. The minimum absolute atomic E-state index is 0.0358. The Kier molecular flexibility index (Phi) is 4.92. The zero-order valence-electron chi connectivity index (χ0n) is 12.8. The number of ether oxygens (including phenoxy) is 1. The van der Waals surface area contributed by atoms with Crippen LogP contribution in [0.3, 0.4) is 0 Å². The zero-order valence-corrected chi connectivity index (χ0v) is 13.6. The number of amides is 1. The third kappa shape index (κ3) is 3.32. The standard InChI is InChI=1S/C17H14F2N2O2S/c1-23-10-15(22)21-17(11-5-3-2-4-6-11)24-16(20-21)13-9-12(18)7-8-14(13)19/h2-9,17H,10H2,1H3. The molecule has 1 aliphatic rings. The molecule has 7 heteroatoms. The predicted molar refractivity (Wildman–Crippen MR) is 88.4 cm³/mol. The highest BCUT2D eigenvalue weighted by Gasteiger charge is 2.34. The van der Waals surface area contributed by atoms with Gasteiger partial charge in [0.2, 0.25) is 0 Å². The van der Waals surface area contributed by atoms with Gasteiger partial charge in [-0.2, -0.15) is 5.10 Å². The lowest BCUT2D eigenvalue weighted by molar-refractivity contribution is -0.135. The Labute approximate surface area is 142 Å². The molecule has 1 aliphatic heterocycles. The van der Waals surface area contributed by atoms with E-state index in [1.54, 1.807) is 0 Å². The van der Waals surface area contributed by atoms with Crippen molar-refractivity contribution < 1.29 is 18.3 Å². The van der Waals surface area contributed by atoms with Crippen LogP contribution in [-0.4, -0.2) is 29.7 Å². The molecule has 2 aromatic rings. The fourth-order valence-corrected chi connectivity index (χ4v) is 3.50. The van der Waals surface area contributed by atoms with E-state index < -0.39 is 17.0 Å². The largest absolute Gasteiger partial charge is 0.375 e. The van der Waals surface area contributed by atoms with E-state index in [4.69, 9.17) is 4.74 Å². The van der Waals surface area contributed by atoms with Crippen LogP contribution in [0.1, 0.15) is 16.5 Å². The molecule has 0 spiro atoms. The van der Waals surface area contributed by atoms with Crippen LogP contribution in [-0.2, 0) is 9.53 Å². The van der Waals surface area contributed by atoms with Crippen molar-refractivity contribution in [3.8, 4) is 0 Å². The lowest BCUT2D eigenvalue weighted by Crippen LogP contribution is -2.29. The summed E-state index contributed by atoms with van der Waals surface area (Å²) in [6.45, 7) is -0.147. The molecular weight excluding hydrogens is 334 g/mol. The van der Waals surface area contributed by atoms with Gasteiger partial charge in [-0.25, -0.2) is 13.8 Å². The number of hydrogen-bond donors (Lipinski definition) is 0. The highest BCUT2D eigenvalue weighted by molar-refractivity contribution is 8.14. The van der Waals surface area contributed by atoms with Gasteiger partial charge in [-0.1, -0.05) is 42.1 Å². The molecule has 124 valence electrons. The van der Waals surface area contributed by atoms with Gasteiger partial charge in [0.1, 0.15) is 28.7 Å². The smallest absolute Gasteiger partial charge is 0.270 e. The molecule has 1 atom stereocenters. The fourth-order valence-electron chi connectivity index (χ4n) is 2.31. The Balaban J connectivity index is 1.98. The molecule has 0 N–H and O–H groups in total. The molecule has 1 amide bonds. The summed E-state index contributed by atoms with van der Waals surface area (Å²) >= 11 is 1.19. The van der Waals surface area contributed by atoms with E-state index in [9.17, 15) is 13.6 Å². The van der Waals surface area contributed by atoms with Crippen molar-refractivity contribution >= 4 is 22.7 Å². The maximum atomic E-state index is 14.0. The average molecular weight is 348 g/mol. The average Bonchev–Trinajstić information content (AvgIpc) is 3.03. The van der Waals surface area contributed by atoms with Gasteiger partial charge in [-0.3, -0.25) is 4.79 Å². The minimum atomic E-state index is -0.587. The van der Waals surface area contributed by atoms with Crippen LogP contribution in [0.15, 0.2) is 53.6 Å². The number of halogens is 2. The molecule has 3 rings (SSSR count). The molecule has 0 saturated carbocycles. The summed E-state index contributed by atoms with van der Waals surface area (Å²) in [4.78, 5) is 12.3. The molecule has 0 bridgehead atoms. The third-order valence-electron chi connectivity index (χ3n) is 3.41. The number of carbonyl (C=O) groups is 1. The van der Waals surface area contributed by atoms with Crippen molar-refractivity contribution in [1.82, 2.24) is 5.01 Å². The number of hydrogen-bond acceptors (Lipinski definition) is 4. The van der Waals surface area contributed by atoms with E-state index in [2.05, 4.69) is 5.10 Å². The maximum absolute atomic E-state index is 14.0. The molecule has 2 aromatic carbocycles. The van der Waals surface area contributed by atoms with E-state index >= 15 is 0 Å². The highest BCUT2D eigenvalue weighted by atomic mass is 32.2. The van der Waals surface area contributed by atoms with Crippen molar-refractivity contribution in [3.05, 3.63) is 71.3 Å². The maximum Gasteiger partial charge on any atom is 0.270 e. The van der Waals surface area contributed by atoms with Crippen LogP contribution in [0.5, 0.6) is 0 Å². The molecule has 0 radical (unpaired) electrons. The second kappa shape index (κ2) is 7.11. The monoisotopic (exact) mass is 348 g/mol. The van der Waals surface area contributed by atoms with Crippen LogP contribution < -0.4 is 0 Å². The van der Waals surface area contributed by atoms with E-state index in [0.29, 0.717) is 0 Å². The van der Waals surface area contributed by atoms with Gasteiger partial charge >= 0.3 is 0 Å². The van der Waals surface area contributed by atoms with Gasteiger partial charge < -0.3 is 4.74 Å². The van der Waals surface area contributed by atoms with Gasteiger partial charge in [0, 0.05) is 12.7 Å². The van der Waals surface area contributed by atoms with E-state index in [1.165, 1.54) is 23.9 Å². The van der Waals surface area contributed by atoms with Gasteiger partial charge in [-0.05, 0) is 23.8 Å². The molecule has 4 nitrogen and oxygen atoms in total. The van der Waals surface area contributed by atoms with Crippen molar-refractivity contribution in [1.29, 1.82) is 0 Å². The van der Waals surface area contributed by atoms with Gasteiger partial charge in [-0.15, -0.1) is 0 Å². The minimum Gasteiger partial charge on any atom is -0.375 e. The summed E-state index contributed by atoms with van der Waals surface area (Å²) < 4.78 is 32.4. The molecule has 0 aromatic heterocycles. The van der Waals surface area contributed by atoms with Crippen molar-refractivity contribution in [2.24, 2.45) is 5.10 Å². The lowest BCUT2D eigenvalue weighted by atomic mass is 10.2. The predicted octanol–water partition coefficient (Wildman–Crippen LogP) is 3.55. The number of benzene rings is 2. The molecule has 0 aliphatic carbocycles. The first-order valence-corrected chi connectivity index (χ1v) is 8.04. The van der Waals surface area contributed by atoms with Gasteiger partial charge in [0.15, 0.2) is 0 Å². The Hall–Kier alpha value is -2.25. The summed E-state index contributed by atoms with van der Waals surface area (Å²) in [5, 5.41) is 5.27. The molecule has 0 saturated heterocycles. The Morgan fingerprint density at radius 1 is 1.25 bits per heavy atom. The van der Waals surface area contributed by atoms with Crippen LogP contribution in [0.4, 0.5) is 8.78 Å². The Bertz CT molecular complexity index is 783. The fraction of sp³-hybridized carbons (Fsp3) is 0.176. The second-order valence-electron chi connectivity index (χ2n) is 5.08. The number of rotatable bonds is 4. The van der Waals surface area contributed by atoms with Crippen molar-refractivity contribution in [2.75, 3.05) is 13.7 Å². The van der Waals surface area contributed by atoms with Crippen molar-refractivity contribution in [3.63, 3.8) is 0 Å². The Morgan fingerprint density at radius 3 is 2.71 bits per heavy atom. The molecule has 1 heterocycles. The third-order valence-corrected chi connectivity index (χ3v) is 4.63. The summed E-state index contributed by atoms with van der Waals surface area (Å²) in [5.74, 6) is -1.51. The molecular formula is C17H14F2N2O2S. The summed E-state index contributed by atoms with van der Waals surface area (Å²) in [6.07, 6.45) is 0. The number of thioether (sulfide) groups is 1. The number of carbonyl (C=O) groups excluding carboxylic acids is 1. The van der Waals surface area contributed by atoms with Crippen LogP contribution in [0.25, 0.3) is 0 Å². The number of nitrogens with zero attached hydrogens (tertiary/aromatic N) is 2. The lowest BCUT2D eigenvalue weighted by Gasteiger charge is -2.20. The molecule has 1 unspecified atom stereocenters. The Morgan fingerprint density at radius 2 is 2.00 bits per heavy atom. The molecule has 0 fully saturated rings. The summed E-state index contributed by atoms with van der Waals surface area (Å²) in [7, 11) is 1.41. The number of hydrazone groups is 1. The normalized spacial score (nSPS) is 17.0. The highest BCUT2D eigenvalue weighted by Crippen LogP contribution is 2.41. The van der Waals surface area contributed by atoms with Gasteiger partial charge in [0.05, 0.1) is 0 Å². The zero-order chi connectivity index (χ0) is 17.1. The van der Waals surface area contributed by atoms with Gasteiger partial charge in [0.25, 0.3) is 5.91 Å². The van der Waals surface area contributed by atoms with Crippen LogP contribution >= 0.6 is 11.8 Å². The van der Waals surface area contributed by atoms with Crippen LogP contribution in [0, 0.1) is 11.6 Å². The van der Waals surface area contributed by atoms with E-state index in [0.717, 1.165) is 23.8 Å². The first-order chi connectivity index (χ1) is 11.6. The first-order valence-electron chi connectivity index (χ1n) is 7.17. The first kappa shape index (κ1) is 16.6. The van der Waals surface area contributed by atoms with Crippen LogP contribution in [0.2, 0.25) is 0 Å². The van der Waals surface area contributed by atoms with E-state index in [-0.39, 0.29) is 23.1 Å². The van der Waals surface area contributed by atoms with E-state index in [1.807, 2.05) is 30.3 Å². The second-order valence-corrected chi connectivity index (χ2v) is 6.15.